The molecule has 0 aliphatic carbocycles. The molecule has 3 rings (SSSR count). The van der Waals surface area contributed by atoms with Crippen LogP contribution < -0.4 is 32.0 Å². The Morgan fingerprint density at radius 1 is 1.30 bits per heavy atom. The average molecular weight is 519 g/mol. The zero-order valence-electron chi connectivity index (χ0n) is 22.3. The van der Waals surface area contributed by atoms with Crippen molar-refractivity contribution in [3.63, 3.8) is 0 Å². The topological polar surface area (TPSA) is 163 Å². The fourth-order valence-electron chi connectivity index (χ4n) is 3.86. The zero-order chi connectivity index (χ0) is 26.5. The number of piperidine rings is 1. The van der Waals surface area contributed by atoms with E-state index in [0.29, 0.717) is 57.0 Å². The Kier molecular flexibility index (Phi) is 11.1. The van der Waals surface area contributed by atoms with E-state index in [4.69, 9.17) is 20.3 Å². The van der Waals surface area contributed by atoms with E-state index < -0.39 is 11.7 Å². The van der Waals surface area contributed by atoms with Gasteiger partial charge < -0.3 is 41.5 Å². The lowest BCUT2D eigenvalue weighted by atomic mass is 10.1. The van der Waals surface area contributed by atoms with Crippen molar-refractivity contribution < 1.29 is 14.3 Å². The second-order valence-electron chi connectivity index (χ2n) is 9.99. The molecule has 37 heavy (non-hydrogen) atoms. The normalized spacial score (nSPS) is 17.6. The number of hydrogen-bond acceptors (Lipinski definition) is 12. The monoisotopic (exact) mass is 518 g/mol. The van der Waals surface area contributed by atoms with Crippen LogP contribution in [0.5, 0.6) is 0 Å². The average Bonchev–Trinajstić information content (AvgIpc) is 2.88. The Hall–Kier alpha value is -3.19. The van der Waals surface area contributed by atoms with Crippen molar-refractivity contribution in [3.05, 3.63) is 6.07 Å². The molecule has 3 heterocycles. The third-order valence-corrected chi connectivity index (χ3v) is 5.70. The lowest BCUT2D eigenvalue weighted by Gasteiger charge is -2.29. The molecule has 0 saturated carbocycles. The lowest BCUT2D eigenvalue weighted by Crippen LogP contribution is -2.37. The number of rotatable bonds is 11. The van der Waals surface area contributed by atoms with Crippen LogP contribution in [0.4, 0.5) is 22.4 Å². The van der Waals surface area contributed by atoms with Gasteiger partial charge in [0.1, 0.15) is 17.2 Å². The van der Waals surface area contributed by atoms with Crippen molar-refractivity contribution in [2.75, 3.05) is 74.6 Å². The molecule has 0 aromatic carbocycles. The fraction of sp³-hybridized carbons (Fsp3) is 0.708. The number of hydrogen-bond donors (Lipinski definition) is 5. The van der Waals surface area contributed by atoms with E-state index in [2.05, 4.69) is 41.2 Å². The third kappa shape index (κ3) is 10.8. The first-order valence-corrected chi connectivity index (χ1v) is 13.0. The number of aliphatic imine (C=N–C) groups is 1. The van der Waals surface area contributed by atoms with Gasteiger partial charge in [-0.25, -0.2) is 4.79 Å². The lowest BCUT2D eigenvalue weighted by molar-refractivity contribution is 0.0527. The van der Waals surface area contributed by atoms with Gasteiger partial charge in [-0.3, -0.25) is 4.99 Å². The number of carbonyl (C=O) groups excluding carboxylic acids is 1. The highest BCUT2D eigenvalue weighted by Gasteiger charge is 2.18. The molecule has 2 aliphatic heterocycles. The number of morpholine rings is 1. The summed E-state index contributed by atoms with van der Waals surface area (Å²) in [5.41, 5.74) is 0.0467. The number of nitrogens with two attached hydrogens (primary N) is 1. The van der Waals surface area contributed by atoms with Crippen LogP contribution in [-0.2, 0) is 9.47 Å². The van der Waals surface area contributed by atoms with E-state index >= 15 is 0 Å². The number of aromatic nitrogens is 2. The zero-order valence-corrected chi connectivity index (χ0v) is 22.3. The summed E-state index contributed by atoms with van der Waals surface area (Å²) in [7, 11) is 0. The molecule has 206 valence electrons. The highest BCUT2D eigenvalue weighted by Crippen LogP contribution is 2.21. The molecular formula is C24H42N10O3. The minimum absolute atomic E-state index is 0.329. The van der Waals surface area contributed by atoms with Crippen LogP contribution in [0.3, 0.4) is 0 Å². The first-order chi connectivity index (χ1) is 17.8. The molecule has 0 atom stereocenters. The largest absolute Gasteiger partial charge is 0.444 e. The van der Waals surface area contributed by atoms with Crippen LogP contribution in [0, 0.1) is 0 Å². The summed E-state index contributed by atoms with van der Waals surface area (Å²) < 4.78 is 10.7. The summed E-state index contributed by atoms with van der Waals surface area (Å²) in [6.45, 7) is 11.7. The maximum absolute atomic E-state index is 11.7. The summed E-state index contributed by atoms with van der Waals surface area (Å²) in [5.74, 6) is 7.73. The van der Waals surface area contributed by atoms with Crippen molar-refractivity contribution in [1.29, 1.82) is 0 Å². The van der Waals surface area contributed by atoms with Crippen molar-refractivity contribution in [2.45, 2.75) is 51.7 Å². The van der Waals surface area contributed by atoms with Gasteiger partial charge in [0.05, 0.1) is 25.5 Å². The molecule has 1 aromatic heterocycles. The molecule has 1 amide bonds. The van der Waals surface area contributed by atoms with Crippen LogP contribution in [0.25, 0.3) is 0 Å². The quantitative estimate of drug-likeness (QED) is 0.124. The Bertz CT molecular complexity index is 907. The van der Waals surface area contributed by atoms with Gasteiger partial charge in [0.15, 0.2) is 0 Å². The molecule has 13 nitrogen and oxygen atoms in total. The second-order valence-corrected chi connectivity index (χ2v) is 9.99. The molecule has 2 fully saturated rings. The molecule has 2 saturated heterocycles. The van der Waals surface area contributed by atoms with Crippen molar-refractivity contribution >= 4 is 35.6 Å². The van der Waals surface area contributed by atoms with Crippen LogP contribution in [0.1, 0.15) is 40.0 Å². The number of carbonyl (C=O) groups is 1. The Morgan fingerprint density at radius 3 is 2.76 bits per heavy atom. The maximum Gasteiger partial charge on any atom is 0.407 e. The maximum atomic E-state index is 11.7. The van der Waals surface area contributed by atoms with Gasteiger partial charge in [-0.15, -0.1) is 0 Å². The SMILES string of the molecule is CC(C)(C)OC(=O)NCCCN=C/C(CNc1nc(NC2CCNCC2)cc(N2CCOCC2)n1)=N\N. The summed E-state index contributed by atoms with van der Waals surface area (Å²) in [5, 5.41) is 16.7. The minimum atomic E-state index is -0.517. The number of ether oxygens (including phenoxy) is 2. The Balaban J connectivity index is 1.52. The van der Waals surface area contributed by atoms with Gasteiger partial charge in [0, 0.05) is 44.5 Å². The van der Waals surface area contributed by atoms with Crippen molar-refractivity contribution in [1.82, 2.24) is 20.6 Å². The number of nitrogens with one attached hydrogen (secondary N) is 4. The summed E-state index contributed by atoms with van der Waals surface area (Å²) >= 11 is 0. The third-order valence-electron chi connectivity index (χ3n) is 5.70. The standard InChI is InChI=1S/C24H42N10O3/c1-24(2,3)37-23(35)28-8-4-7-27-16-19(33-25)17-29-22-31-20(30-18-5-9-26-10-6-18)15-21(32-22)34-11-13-36-14-12-34/h15-16,18,26H,4-14,17,25H2,1-3H3,(H,28,35)(H2,29,30,31,32)/b27-16?,33-19+. The minimum Gasteiger partial charge on any atom is -0.444 e. The van der Waals surface area contributed by atoms with Gasteiger partial charge in [-0.1, -0.05) is 0 Å². The molecule has 0 radical (unpaired) electrons. The Labute approximate surface area is 219 Å². The summed E-state index contributed by atoms with van der Waals surface area (Å²) in [4.78, 5) is 27.7. The van der Waals surface area contributed by atoms with Crippen molar-refractivity contribution in [3.8, 4) is 0 Å². The molecule has 0 spiro atoms. The molecule has 0 bridgehead atoms. The second kappa shape index (κ2) is 14.5. The van der Waals surface area contributed by atoms with E-state index in [1.807, 2.05) is 26.8 Å². The molecular weight excluding hydrogens is 476 g/mol. The van der Waals surface area contributed by atoms with Gasteiger partial charge in [0.2, 0.25) is 5.95 Å². The van der Waals surface area contributed by atoms with Gasteiger partial charge >= 0.3 is 6.09 Å². The smallest absolute Gasteiger partial charge is 0.407 e. The molecule has 13 heteroatoms. The van der Waals surface area contributed by atoms with Crippen molar-refractivity contribution in [2.24, 2.45) is 15.9 Å². The summed E-state index contributed by atoms with van der Waals surface area (Å²) in [6.07, 6.45) is 3.96. The van der Waals surface area contributed by atoms with Crippen LogP contribution in [0.2, 0.25) is 0 Å². The highest BCUT2D eigenvalue weighted by molar-refractivity contribution is 6.32. The van der Waals surface area contributed by atoms with Crippen LogP contribution >= 0.6 is 0 Å². The number of nitrogens with zero attached hydrogens (tertiary/aromatic N) is 5. The predicted octanol–water partition coefficient (Wildman–Crippen LogP) is 1.19. The van der Waals surface area contributed by atoms with Gasteiger partial charge in [-0.05, 0) is 53.1 Å². The van der Waals surface area contributed by atoms with E-state index in [9.17, 15) is 4.79 Å². The van der Waals surface area contributed by atoms with E-state index in [1.165, 1.54) is 0 Å². The molecule has 0 unspecified atom stereocenters. The number of hydrazone groups is 1. The van der Waals surface area contributed by atoms with Gasteiger partial charge in [-0.2, -0.15) is 15.1 Å². The van der Waals surface area contributed by atoms with Crippen LogP contribution in [0.15, 0.2) is 16.2 Å². The van der Waals surface area contributed by atoms with Gasteiger partial charge in [0.25, 0.3) is 0 Å². The molecule has 1 aromatic rings. The van der Waals surface area contributed by atoms with E-state index in [-0.39, 0.29) is 0 Å². The first-order valence-electron chi connectivity index (χ1n) is 13.0. The number of amides is 1. The summed E-state index contributed by atoms with van der Waals surface area (Å²) in [6, 6.07) is 2.38. The molecule has 6 N–H and O–H groups in total. The van der Waals surface area contributed by atoms with Crippen LogP contribution in [-0.4, -0.2) is 98.7 Å². The number of anilines is 3. The predicted molar refractivity (Wildman–Crippen MR) is 147 cm³/mol. The van der Waals surface area contributed by atoms with E-state index in [0.717, 1.165) is 50.7 Å². The highest BCUT2D eigenvalue weighted by atomic mass is 16.6. The molecule has 2 aliphatic rings. The fourth-order valence-corrected chi connectivity index (χ4v) is 3.86. The first kappa shape index (κ1) is 28.4. The van der Waals surface area contributed by atoms with E-state index in [1.54, 1.807) is 6.21 Å². The Morgan fingerprint density at radius 2 is 2.05 bits per heavy atom. The number of alkyl carbamates (subject to hydrolysis) is 1.